The first kappa shape index (κ1) is 21.0. The lowest BCUT2D eigenvalue weighted by Gasteiger charge is -2.28. The number of nitrogens with one attached hydrogen (secondary N) is 1. The Morgan fingerprint density at radius 1 is 1.04 bits per heavy atom. The summed E-state index contributed by atoms with van der Waals surface area (Å²) in [4.78, 5) is 11.0. The molecule has 7 nitrogen and oxygen atoms in total. The van der Waals surface area contributed by atoms with E-state index < -0.39 is 19.3 Å². The fraction of sp³-hybridized carbons (Fsp3) is 0.316. The van der Waals surface area contributed by atoms with Crippen molar-refractivity contribution in [2.45, 2.75) is 19.6 Å². The summed E-state index contributed by atoms with van der Waals surface area (Å²) in [6.45, 7) is 3.95. The number of benzene rings is 2. The molecule has 2 aromatic carbocycles. The van der Waals surface area contributed by atoms with Crippen LogP contribution in [0.15, 0.2) is 48.5 Å². The minimum atomic E-state index is -3.54. The number of hydrogen-bond donors (Lipinski definition) is 2. The molecule has 0 amide bonds. The van der Waals surface area contributed by atoms with Gasteiger partial charge in [0.2, 0.25) is 0 Å². The zero-order valence-corrected chi connectivity index (χ0v) is 16.4. The van der Waals surface area contributed by atoms with E-state index in [9.17, 15) is 9.36 Å². The number of carboxylic acid groups (broad SMARTS) is 1. The number of hydrogen-bond acceptors (Lipinski definition) is 6. The minimum Gasteiger partial charge on any atom is -0.497 e. The average molecular weight is 393 g/mol. The van der Waals surface area contributed by atoms with Gasteiger partial charge in [0.05, 0.1) is 25.9 Å². The van der Waals surface area contributed by atoms with Crippen molar-refractivity contribution in [1.82, 2.24) is 0 Å². The molecular weight excluding hydrogens is 369 g/mol. The molecule has 0 aromatic heterocycles. The Balaban J connectivity index is 2.41. The van der Waals surface area contributed by atoms with E-state index in [1.165, 1.54) is 12.1 Å². The number of ether oxygens (including phenoxy) is 1. The summed E-state index contributed by atoms with van der Waals surface area (Å²) in [5, 5.41) is 12.2. The van der Waals surface area contributed by atoms with Crippen molar-refractivity contribution >= 4 is 19.3 Å². The van der Waals surface area contributed by atoms with Gasteiger partial charge in [-0.2, -0.15) is 0 Å². The molecule has 0 aliphatic rings. The molecule has 0 saturated heterocycles. The van der Waals surface area contributed by atoms with Gasteiger partial charge in [0.25, 0.3) is 0 Å². The Morgan fingerprint density at radius 3 is 2.04 bits per heavy atom. The van der Waals surface area contributed by atoms with Crippen LogP contribution in [-0.4, -0.2) is 31.4 Å². The third-order valence-electron chi connectivity index (χ3n) is 3.80. The molecule has 0 saturated carbocycles. The van der Waals surface area contributed by atoms with E-state index in [0.29, 0.717) is 17.0 Å². The molecule has 8 heteroatoms. The van der Waals surface area contributed by atoms with Crippen molar-refractivity contribution in [3.05, 3.63) is 59.7 Å². The number of carbonyl (C=O) groups is 1. The first-order valence-corrected chi connectivity index (χ1v) is 10.2. The van der Waals surface area contributed by atoms with Gasteiger partial charge in [-0.1, -0.05) is 12.1 Å². The smallest absolute Gasteiger partial charge is 0.357 e. The summed E-state index contributed by atoms with van der Waals surface area (Å²) in [6.07, 6.45) is 0. The van der Waals surface area contributed by atoms with Crippen molar-refractivity contribution in [1.29, 1.82) is 0 Å². The normalized spacial score (nSPS) is 12.4. The fourth-order valence-corrected chi connectivity index (χ4v) is 4.48. The molecule has 2 N–H and O–H groups in total. The Hall–Kier alpha value is -2.34. The molecule has 2 rings (SSSR count). The first-order chi connectivity index (χ1) is 12.9. The molecule has 0 spiro atoms. The van der Waals surface area contributed by atoms with Crippen LogP contribution < -0.4 is 10.1 Å². The predicted molar refractivity (Wildman–Crippen MR) is 104 cm³/mol. The molecule has 2 aromatic rings. The number of methoxy groups -OCH3 is 1. The van der Waals surface area contributed by atoms with E-state index in [-0.39, 0.29) is 18.8 Å². The van der Waals surface area contributed by atoms with Crippen LogP contribution in [0.5, 0.6) is 5.75 Å². The van der Waals surface area contributed by atoms with Crippen molar-refractivity contribution in [3.63, 3.8) is 0 Å². The van der Waals surface area contributed by atoms with E-state index in [4.69, 9.17) is 18.9 Å². The maximum Gasteiger partial charge on any atom is 0.357 e. The number of aromatic carboxylic acids is 1. The van der Waals surface area contributed by atoms with Gasteiger partial charge in [0.1, 0.15) is 5.75 Å². The summed E-state index contributed by atoms with van der Waals surface area (Å²) < 4.78 is 29.6. The number of carboxylic acids is 1. The van der Waals surface area contributed by atoms with Crippen LogP contribution in [0.2, 0.25) is 0 Å². The molecule has 0 heterocycles. The zero-order chi connectivity index (χ0) is 19.9. The van der Waals surface area contributed by atoms with Crippen molar-refractivity contribution in [2.75, 3.05) is 25.6 Å². The lowest BCUT2D eigenvalue weighted by molar-refractivity contribution is 0.0697. The van der Waals surface area contributed by atoms with Crippen LogP contribution in [0.4, 0.5) is 5.69 Å². The predicted octanol–water partition coefficient (Wildman–Crippen LogP) is 4.77. The molecule has 1 atom stereocenters. The van der Waals surface area contributed by atoms with Crippen molar-refractivity contribution < 1.29 is 28.3 Å². The topological polar surface area (TPSA) is 94.1 Å². The molecule has 0 fully saturated rings. The second-order valence-corrected chi connectivity index (χ2v) is 7.69. The highest BCUT2D eigenvalue weighted by Gasteiger charge is 2.37. The van der Waals surface area contributed by atoms with Crippen LogP contribution in [0.1, 0.15) is 35.6 Å². The molecule has 146 valence electrons. The minimum absolute atomic E-state index is 0.166. The van der Waals surface area contributed by atoms with Crippen LogP contribution >= 0.6 is 7.60 Å². The van der Waals surface area contributed by atoms with Gasteiger partial charge in [-0.3, -0.25) is 4.57 Å². The van der Waals surface area contributed by atoms with E-state index in [0.717, 1.165) is 0 Å². The van der Waals surface area contributed by atoms with Crippen LogP contribution in [0.3, 0.4) is 0 Å². The van der Waals surface area contributed by atoms with Gasteiger partial charge >= 0.3 is 13.6 Å². The van der Waals surface area contributed by atoms with E-state index in [2.05, 4.69) is 5.32 Å². The monoisotopic (exact) mass is 393 g/mol. The van der Waals surface area contributed by atoms with Gasteiger partial charge in [0, 0.05) is 5.69 Å². The van der Waals surface area contributed by atoms with E-state index >= 15 is 0 Å². The Morgan fingerprint density at radius 2 is 1.59 bits per heavy atom. The summed E-state index contributed by atoms with van der Waals surface area (Å²) in [6, 6.07) is 13.3. The third kappa shape index (κ3) is 5.32. The van der Waals surface area contributed by atoms with Gasteiger partial charge in [-0.25, -0.2) is 4.79 Å². The standard InChI is InChI=1S/C19H24NO6P/c1-4-25-27(23,26-5-2)18(14-8-12-17(24-3)13-9-14)20-16-10-6-15(7-11-16)19(21)22/h6-13,18,20H,4-5H2,1-3H3,(H,21,22). The Kier molecular flexibility index (Phi) is 7.42. The molecule has 0 radical (unpaired) electrons. The van der Waals surface area contributed by atoms with E-state index in [1.54, 1.807) is 57.4 Å². The fourth-order valence-electron chi connectivity index (χ4n) is 2.54. The molecule has 27 heavy (non-hydrogen) atoms. The third-order valence-corrected chi connectivity index (χ3v) is 6.10. The van der Waals surface area contributed by atoms with Gasteiger partial charge < -0.3 is 24.2 Å². The summed E-state index contributed by atoms with van der Waals surface area (Å²) in [5.41, 5.74) is 1.46. The zero-order valence-electron chi connectivity index (χ0n) is 15.5. The SMILES string of the molecule is CCOP(=O)(OCC)C(Nc1ccc(C(=O)O)cc1)c1ccc(OC)cc1. The second-order valence-electron chi connectivity index (χ2n) is 5.58. The molecule has 0 aliphatic carbocycles. The highest BCUT2D eigenvalue weighted by molar-refractivity contribution is 7.54. The van der Waals surface area contributed by atoms with Crippen molar-refractivity contribution in [2.24, 2.45) is 0 Å². The highest BCUT2D eigenvalue weighted by Crippen LogP contribution is 2.60. The Bertz CT molecular complexity index is 781. The summed E-state index contributed by atoms with van der Waals surface area (Å²) in [7, 11) is -1.97. The molecule has 0 aliphatic heterocycles. The first-order valence-electron chi connectivity index (χ1n) is 8.56. The summed E-state index contributed by atoms with van der Waals surface area (Å²) in [5.74, 6) is -1.10. The van der Waals surface area contributed by atoms with Crippen LogP contribution in [-0.2, 0) is 13.6 Å². The largest absolute Gasteiger partial charge is 0.497 e. The lowest BCUT2D eigenvalue weighted by atomic mass is 10.2. The van der Waals surface area contributed by atoms with Gasteiger partial charge in [0.15, 0.2) is 5.78 Å². The Labute approximate surface area is 158 Å². The molecule has 0 bridgehead atoms. The second kappa shape index (κ2) is 9.55. The van der Waals surface area contributed by atoms with Crippen LogP contribution in [0.25, 0.3) is 0 Å². The van der Waals surface area contributed by atoms with Gasteiger partial charge in [-0.05, 0) is 55.8 Å². The molecule has 1 unspecified atom stereocenters. The molecular formula is C19H24NO6P. The van der Waals surface area contributed by atoms with Crippen LogP contribution in [0, 0.1) is 0 Å². The van der Waals surface area contributed by atoms with Crippen molar-refractivity contribution in [3.8, 4) is 5.75 Å². The summed E-state index contributed by atoms with van der Waals surface area (Å²) >= 11 is 0. The van der Waals surface area contributed by atoms with Gasteiger partial charge in [-0.15, -0.1) is 0 Å². The average Bonchev–Trinajstić information content (AvgIpc) is 2.67. The highest BCUT2D eigenvalue weighted by atomic mass is 31.2. The van der Waals surface area contributed by atoms with E-state index in [1.807, 2.05) is 0 Å². The maximum atomic E-state index is 13.4. The quantitative estimate of drug-likeness (QED) is 0.562. The maximum absolute atomic E-state index is 13.4. The number of anilines is 1. The number of rotatable bonds is 10. The lowest BCUT2D eigenvalue weighted by Crippen LogP contribution is -2.15.